The maximum absolute atomic E-state index is 12.4. The van der Waals surface area contributed by atoms with Crippen LogP contribution in [0.15, 0.2) is 41.8 Å². The Kier molecular flexibility index (Phi) is 3.15. The van der Waals surface area contributed by atoms with E-state index in [0.717, 1.165) is 18.5 Å². The molecule has 1 saturated carbocycles. The Morgan fingerprint density at radius 1 is 1.16 bits per heavy atom. The lowest BCUT2D eigenvalue weighted by Gasteiger charge is -2.17. The maximum Gasteiger partial charge on any atom is 0.295 e. The number of amides is 1. The number of carbonyl (C=O) groups excluding carboxylic acids is 1. The van der Waals surface area contributed by atoms with Gasteiger partial charge in [0.2, 0.25) is 5.76 Å². The lowest BCUT2D eigenvalue weighted by atomic mass is 10.3. The first-order chi connectivity index (χ1) is 9.25. The van der Waals surface area contributed by atoms with Crippen LogP contribution in [-0.2, 0) is 9.53 Å². The van der Waals surface area contributed by atoms with Crippen molar-refractivity contribution in [2.24, 2.45) is 5.73 Å². The summed E-state index contributed by atoms with van der Waals surface area (Å²) in [4.78, 5) is 14.0. The van der Waals surface area contributed by atoms with Gasteiger partial charge in [0.05, 0.1) is 18.3 Å². The third-order valence-electron chi connectivity index (χ3n) is 3.71. The number of benzene rings is 1. The summed E-state index contributed by atoms with van der Waals surface area (Å²) >= 11 is 0. The molecule has 1 heterocycles. The highest BCUT2D eigenvalue weighted by Crippen LogP contribution is 2.29. The third kappa shape index (κ3) is 2.30. The molecule has 0 aromatic heterocycles. The predicted molar refractivity (Wildman–Crippen MR) is 73.3 cm³/mol. The molecule has 19 heavy (non-hydrogen) atoms. The van der Waals surface area contributed by atoms with Gasteiger partial charge in [-0.3, -0.25) is 9.69 Å². The highest BCUT2D eigenvalue weighted by atomic mass is 16.5. The fourth-order valence-electron chi connectivity index (χ4n) is 2.69. The Morgan fingerprint density at radius 2 is 1.84 bits per heavy atom. The molecule has 1 fully saturated rings. The van der Waals surface area contributed by atoms with Gasteiger partial charge in [-0.25, -0.2) is 0 Å². The number of hydrogen-bond donors (Lipinski definition) is 1. The topological polar surface area (TPSA) is 55.6 Å². The molecule has 2 N–H and O–H groups in total. The maximum atomic E-state index is 12.4. The molecule has 0 spiro atoms. The lowest BCUT2D eigenvalue weighted by Crippen LogP contribution is -2.28. The van der Waals surface area contributed by atoms with Crippen molar-refractivity contribution in [2.75, 3.05) is 11.4 Å². The first-order valence-corrected chi connectivity index (χ1v) is 6.78. The van der Waals surface area contributed by atoms with Gasteiger partial charge in [-0.1, -0.05) is 18.2 Å². The second kappa shape index (κ2) is 4.96. The van der Waals surface area contributed by atoms with Crippen LogP contribution in [0.1, 0.15) is 25.7 Å². The number of para-hydroxylation sites is 1. The van der Waals surface area contributed by atoms with Crippen LogP contribution in [-0.4, -0.2) is 18.6 Å². The molecule has 0 bridgehead atoms. The Balaban J connectivity index is 1.75. The second-order valence-electron chi connectivity index (χ2n) is 5.11. The lowest BCUT2D eigenvalue weighted by molar-refractivity contribution is -0.118. The van der Waals surface area contributed by atoms with Crippen LogP contribution in [0.25, 0.3) is 0 Å². The van der Waals surface area contributed by atoms with Crippen LogP contribution < -0.4 is 10.6 Å². The van der Waals surface area contributed by atoms with E-state index in [4.69, 9.17) is 10.5 Å². The minimum Gasteiger partial charge on any atom is -0.483 e. The van der Waals surface area contributed by atoms with Crippen LogP contribution in [0.5, 0.6) is 0 Å². The summed E-state index contributed by atoms with van der Waals surface area (Å²) in [6.45, 7) is 0.422. The number of nitrogens with zero attached hydrogens (tertiary/aromatic N) is 1. The minimum atomic E-state index is -0.115. The van der Waals surface area contributed by atoms with Gasteiger partial charge in [-0.05, 0) is 37.8 Å². The molecule has 0 atom stereocenters. The molecule has 0 saturated heterocycles. The number of hydrogen-bond acceptors (Lipinski definition) is 3. The van der Waals surface area contributed by atoms with Gasteiger partial charge < -0.3 is 10.5 Å². The first-order valence-electron chi connectivity index (χ1n) is 6.78. The van der Waals surface area contributed by atoms with Crippen molar-refractivity contribution in [3.63, 3.8) is 0 Å². The van der Waals surface area contributed by atoms with Gasteiger partial charge in [0.15, 0.2) is 0 Å². The number of nitrogens with two attached hydrogens (primary N) is 1. The van der Waals surface area contributed by atoms with E-state index in [1.54, 1.807) is 4.90 Å². The molecule has 1 amide bonds. The largest absolute Gasteiger partial charge is 0.483 e. The number of carbonyl (C=O) groups is 1. The zero-order valence-corrected chi connectivity index (χ0v) is 10.8. The average molecular weight is 258 g/mol. The number of ether oxygens (including phenoxy) is 1. The van der Waals surface area contributed by atoms with E-state index in [2.05, 4.69) is 0 Å². The molecular formula is C15H18N2O2. The van der Waals surface area contributed by atoms with E-state index < -0.39 is 0 Å². The zero-order valence-electron chi connectivity index (χ0n) is 10.8. The monoisotopic (exact) mass is 258 g/mol. The molecule has 1 aliphatic heterocycles. The summed E-state index contributed by atoms with van der Waals surface area (Å²) in [5, 5.41) is 0. The van der Waals surface area contributed by atoms with Crippen molar-refractivity contribution in [2.45, 2.75) is 31.8 Å². The van der Waals surface area contributed by atoms with Crippen molar-refractivity contribution in [3.05, 3.63) is 41.8 Å². The summed E-state index contributed by atoms with van der Waals surface area (Å²) in [6.07, 6.45) is 4.56. The molecule has 0 radical (unpaired) electrons. The van der Waals surface area contributed by atoms with Crippen LogP contribution in [0, 0.1) is 0 Å². The van der Waals surface area contributed by atoms with Crippen molar-refractivity contribution >= 4 is 11.6 Å². The molecule has 100 valence electrons. The van der Waals surface area contributed by atoms with Crippen molar-refractivity contribution in [3.8, 4) is 0 Å². The third-order valence-corrected chi connectivity index (χ3v) is 3.71. The van der Waals surface area contributed by atoms with Gasteiger partial charge in [0.1, 0.15) is 0 Å². The molecular weight excluding hydrogens is 240 g/mol. The summed E-state index contributed by atoms with van der Waals surface area (Å²) < 4.78 is 5.81. The summed E-state index contributed by atoms with van der Waals surface area (Å²) in [5.41, 5.74) is 7.37. The highest BCUT2D eigenvalue weighted by Gasteiger charge is 2.33. The first kappa shape index (κ1) is 12.1. The predicted octanol–water partition coefficient (Wildman–Crippen LogP) is 2.16. The fraction of sp³-hybridized carbons (Fsp3) is 0.400. The Morgan fingerprint density at radius 3 is 2.53 bits per heavy atom. The van der Waals surface area contributed by atoms with Crippen LogP contribution >= 0.6 is 0 Å². The Hall–Kier alpha value is -1.97. The number of rotatable bonds is 3. The van der Waals surface area contributed by atoms with Gasteiger partial charge in [0, 0.05) is 5.69 Å². The minimum absolute atomic E-state index is 0.115. The molecule has 2 aliphatic rings. The van der Waals surface area contributed by atoms with Gasteiger partial charge in [-0.15, -0.1) is 0 Å². The number of anilines is 1. The summed E-state index contributed by atoms with van der Waals surface area (Å²) in [6, 6.07) is 9.56. The SMILES string of the molecule is NC1=C(OC2CCCC2)C(=O)N(c2ccccc2)C1. The van der Waals surface area contributed by atoms with E-state index in [1.807, 2.05) is 30.3 Å². The van der Waals surface area contributed by atoms with E-state index in [-0.39, 0.29) is 12.0 Å². The Bertz CT molecular complexity index is 504. The molecule has 0 unspecified atom stereocenters. The standard InChI is InChI=1S/C15H18N2O2/c16-13-10-17(11-6-2-1-3-7-11)15(18)14(13)19-12-8-4-5-9-12/h1-3,6-7,12H,4-5,8-10,16H2. The molecule has 4 nitrogen and oxygen atoms in total. The van der Waals surface area contributed by atoms with Gasteiger partial charge in [0.25, 0.3) is 5.91 Å². The molecule has 4 heteroatoms. The quantitative estimate of drug-likeness (QED) is 0.904. The van der Waals surface area contributed by atoms with E-state index >= 15 is 0 Å². The van der Waals surface area contributed by atoms with E-state index in [9.17, 15) is 4.79 Å². The van der Waals surface area contributed by atoms with Crippen LogP contribution in [0.2, 0.25) is 0 Å². The summed E-state index contributed by atoms with van der Waals surface area (Å²) in [7, 11) is 0. The van der Waals surface area contributed by atoms with Crippen molar-refractivity contribution in [1.29, 1.82) is 0 Å². The highest BCUT2D eigenvalue weighted by molar-refractivity contribution is 6.07. The summed E-state index contributed by atoms with van der Waals surface area (Å²) in [5.74, 6) is 0.242. The second-order valence-corrected chi connectivity index (χ2v) is 5.11. The van der Waals surface area contributed by atoms with E-state index in [1.165, 1.54) is 12.8 Å². The molecule has 1 aromatic rings. The molecule has 1 aliphatic carbocycles. The smallest absolute Gasteiger partial charge is 0.295 e. The van der Waals surface area contributed by atoms with Crippen LogP contribution in [0.3, 0.4) is 0 Å². The normalized spacial score (nSPS) is 20.4. The zero-order chi connectivity index (χ0) is 13.2. The Labute approximate surface area is 112 Å². The van der Waals surface area contributed by atoms with Gasteiger partial charge in [-0.2, -0.15) is 0 Å². The van der Waals surface area contributed by atoms with Crippen molar-refractivity contribution in [1.82, 2.24) is 0 Å². The fourth-order valence-corrected chi connectivity index (χ4v) is 2.69. The van der Waals surface area contributed by atoms with E-state index in [0.29, 0.717) is 18.0 Å². The molecule has 1 aromatic carbocycles. The average Bonchev–Trinajstić information content (AvgIpc) is 3.03. The van der Waals surface area contributed by atoms with Gasteiger partial charge >= 0.3 is 0 Å². The molecule has 3 rings (SSSR count). The van der Waals surface area contributed by atoms with Crippen molar-refractivity contribution < 1.29 is 9.53 Å². The van der Waals surface area contributed by atoms with Crippen LogP contribution in [0.4, 0.5) is 5.69 Å².